The molecule has 1 atom stereocenters. The molecule has 0 N–H and O–H groups in total. The summed E-state index contributed by atoms with van der Waals surface area (Å²) in [5, 5.41) is 3.24. The molecule has 2 aromatic carbocycles. The predicted octanol–water partition coefficient (Wildman–Crippen LogP) is 6.34. The van der Waals surface area contributed by atoms with Gasteiger partial charge in [0.15, 0.2) is 0 Å². The van der Waals surface area contributed by atoms with Gasteiger partial charge < -0.3 is 13.9 Å². The molecule has 0 saturated carbocycles. The van der Waals surface area contributed by atoms with E-state index in [1.807, 2.05) is 41.7 Å². The van der Waals surface area contributed by atoms with Gasteiger partial charge in [0.05, 0.1) is 25.1 Å². The number of morpholine rings is 1. The number of hydrogen-bond acceptors (Lipinski definition) is 7. The van der Waals surface area contributed by atoms with Crippen LogP contribution in [0.25, 0.3) is 32.2 Å². The maximum absolute atomic E-state index is 6.57. The van der Waals surface area contributed by atoms with Gasteiger partial charge in [0.25, 0.3) is 0 Å². The lowest BCUT2D eigenvalue weighted by Gasteiger charge is -2.25. The first-order chi connectivity index (χ1) is 17.2. The summed E-state index contributed by atoms with van der Waals surface area (Å²) in [6.45, 7) is 6.37. The van der Waals surface area contributed by atoms with E-state index in [9.17, 15) is 0 Å². The van der Waals surface area contributed by atoms with Crippen molar-refractivity contribution in [1.29, 1.82) is 0 Å². The number of aromatic nitrogens is 2. The minimum Gasteiger partial charge on any atom is -0.456 e. The topological polar surface area (TPSA) is 60.6 Å². The average Bonchev–Trinajstić information content (AvgIpc) is 3.42. The molecular weight excluding hydrogens is 458 g/mol. The minimum atomic E-state index is 0.678. The third-order valence-corrected chi connectivity index (χ3v) is 8.35. The molecule has 0 radical (unpaired) electrons. The van der Waals surface area contributed by atoms with Gasteiger partial charge in [-0.1, -0.05) is 25.1 Å². The number of benzene rings is 2. The summed E-state index contributed by atoms with van der Waals surface area (Å²) in [4.78, 5) is 14.8. The molecular formula is C28H27N3O3S. The van der Waals surface area contributed by atoms with Crippen LogP contribution in [-0.2, 0) is 24.1 Å². The highest BCUT2D eigenvalue weighted by Gasteiger charge is 2.25. The average molecular weight is 486 g/mol. The maximum atomic E-state index is 6.57. The Labute approximate surface area is 207 Å². The van der Waals surface area contributed by atoms with Gasteiger partial charge in [-0.3, -0.25) is 4.90 Å². The van der Waals surface area contributed by atoms with Crippen LogP contribution in [0.1, 0.15) is 29.6 Å². The Morgan fingerprint density at radius 2 is 1.91 bits per heavy atom. The van der Waals surface area contributed by atoms with Crippen molar-refractivity contribution in [2.24, 2.45) is 5.92 Å². The van der Waals surface area contributed by atoms with Crippen LogP contribution in [0, 0.1) is 5.92 Å². The van der Waals surface area contributed by atoms with Gasteiger partial charge in [0.2, 0.25) is 5.88 Å². The second-order valence-electron chi connectivity index (χ2n) is 9.72. The summed E-state index contributed by atoms with van der Waals surface area (Å²) >= 11 is 1.82. The van der Waals surface area contributed by atoms with Gasteiger partial charge >= 0.3 is 0 Å². The number of fused-ring (bicyclic) bond motifs is 6. The third kappa shape index (κ3) is 3.88. The first-order valence-electron chi connectivity index (χ1n) is 12.4. The Morgan fingerprint density at radius 3 is 2.83 bits per heavy atom. The summed E-state index contributed by atoms with van der Waals surface area (Å²) in [6.07, 6.45) is 3.37. The van der Waals surface area contributed by atoms with E-state index in [0.29, 0.717) is 18.3 Å². The molecule has 0 spiro atoms. The highest BCUT2D eigenvalue weighted by molar-refractivity contribution is 7.18. The maximum Gasteiger partial charge on any atom is 0.231 e. The van der Waals surface area contributed by atoms with Crippen LogP contribution >= 0.6 is 11.3 Å². The summed E-state index contributed by atoms with van der Waals surface area (Å²) in [5.74, 6) is 2.97. The van der Waals surface area contributed by atoms with Gasteiger partial charge in [0.1, 0.15) is 27.6 Å². The van der Waals surface area contributed by atoms with E-state index < -0.39 is 0 Å². The zero-order chi connectivity index (χ0) is 23.4. The molecule has 0 unspecified atom stereocenters. The van der Waals surface area contributed by atoms with E-state index in [4.69, 9.17) is 23.9 Å². The molecule has 2 aliphatic rings. The molecule has 3 aromatic heterocycles. The normalized spacial score (nSPS) is 18.9. The van der Waals surface area contributed by atoms with Gasteiger partial charge in [0, 0.05) is 28.7 Å². The van der Waals surface area contributed by atoms with Gasteiger partial charge in [-0.05, 0) is 55.0 Å². The van der Waals surface area contributed by atoms with Crippen LogP contribution in [-0.4, -0.2) is 41.2 Å². The van der Waals surface area contributed by atoms with E-state index in [1.54, 1.807) is 0 Å². The van der Waals surface area contributed by atoms with Crippen LogP contribution < -0.4 is 4.74 Å². The Morgan fingerprint density at radius 1 is 1.06 bits per heavy atom. The molecule has 0 bridgehead atoms. The quantitative estimate of drug-likeness (QED) is 0.296. The van der Waals surface area contributed by atoms with E-state index in [-0.39, 0.29) is 0 Å². The van der Waals surface area contributed by atoms with E-state index in [0.717, 1.165) is 82.9 Å². The summed E-state index contributed by atoms with van der Waals surface area (Å²) < 4.78 is 18.1. The van der Waals surface area contributed by atoms with E-state index in [1.165, 1.54) is 16.9 Å². The van der Waals surface area contributed by atoms with Crippen LogP contribution in [0.15, 0.2) is 46.9 Å². The number of rotatable bonds is 4. The molecule has 7 rings (SSSR count). The van der Waals surface area contributed by atoms with E-state index >= 15 is 0 Å². The molecule has 5 aromatic rings. The Balaban J connectivity index is 1.32. The lowest BCUT2D eigenvalue weighted by atomic mass is 9.89. The Kier molecular flexibility index (Phi) is 5.23. The molecule has 7 heteroatoms. The monoisotopic (exact) mass is 485 g/mol. The van der Waals surface area contributed by atoms with Crippen molar-refractivity contribution in [3.05, 3.63) is 58.7 Å². The van der Waals surface area contributed by atoms with Crippen LogP contribution in [0.3, 0.4) is 0 Å². The van der Waals surface area contributed by atoms with Crippen molar-refractivity contribution < 1.29 is 13.9 Å². The number of thiophene rings is 1. The summed E-state index contributed by atoms with van der Waals surface area (Å²) in [6, 6.07) is 14.2. The third-order valence-electron chi connectivity index (χ3n) is 7.20. The molecule has 0 amide bonds. The zero-order valence-corrected chi connectivity index (χ0v) is 20.6. The molecule has 1 aliphatic heterocycles. The highest BCUT2D eigenvalue weighted by atomic mass is 32.1. The fraction of sp³-hybridized carbons (Fsp3) is 0.357. The first-order valence-corrected chi connectivity index (χ1v) is 13.2. The molecule has 1 saturated heterocycles. The number of para-hydroxylation sites is 1. The molecule has 6 nitrogen and oxygen atoms in total. The number of nitrogens with zero attached hydrogens (tertiary/aromatic N) is 3. The predicted molar refractivity (Wildman–Crippen MR) is 138 cm³/mol. The van der Waals surface area contributed by atoms with Crippen molar-refractivity contribution in [2.75, 3.05) is 26.3 Å². The van der Waals surface area contributed by atoms with Crippen molar-refractivity contribution in [1.82, 2.24) is 14.9 Å². The SMILES string of the molecule is C[C@@H]1CCc2c(sc3nc(CN4CCOCC4)nc(Oc4ccc5oc6ccccc6c5c4)c23)C1. The lowest BCUT2D eigenvalue weighted by Crippen LogP contribution is -2.36. The number of aryl methyl sites for hydroxylation is 1. The fourth-order valence-electron chi connectivity index (χ4n) is 5.34. The highest BCUT2D eigenvalue weighted by Crippen LogP contribution is 2.42. The fourth-order valence-corrected chi connectivity index (χ4v) is 6.73. The van der Waals surface area contributed by atoms with Gasteiger partial charge in [-0.2, -0.15) is 4.98 Å². The van der Waals surface area contributed by atoms with Gasteiger partial charge in [-0.25, -0.2) is 4.98 Å². The zero-order valence-electron chi connectivity index (χ0n) is 19.8. The number of hydrogen-bond donors (Lipinski definition) is 0. The molecule has 35 heavy (non-hydrogen) atoms. The van der Waals surface area contributed by atoms with Crippen LogP contribution in [0.4, 0.5) is 0 Å². The summed E-state index contributed by atoms with van der Waals surface area (Å²) in [7, 11) is 0. The minimum absolute atomic E-state index is 0.678. The summed E-state index contributed by atoms with van der Waals surface area (Å²) in [5.41, 5.74) is 3.13. The molecule has 178 valence electrons. The number of furan rings is 1. The van der Waals surface area contributed by atoms with Crippen molar-refractivity contribution >= 4 is 43.5 Å². The largest absolute Gasteiger partial charge is 0.456 e. The van der Waals surface area contributed by atoms with Gasteiger partial charge in [-0.15, -0.1) is 11.3 Å². The van der Waals surface area contributed by atoms with Crippen molar-refractivity contribution in [3.8, 4) is 11.6 Å². The standard InChI is InChI=1S/C28H27N3O3S/c1-17-6-8-20-24(14-17)35-28-26(20)27(29-25(30-28)16-31-10-12-32-13-11-31)33-18-7-9-23-21(15-18)19-4-2-3-5-22(19)34-23/h2-5,7,9,15,17H,6,8,10-14,16H2,1H3/t17-/m1/s1. The van der Waals surface area contributed by atoms with Crippen molar-refractivity contribution in [2.45, 2.75) is 32.7 Å². The van der Waals surface area contributed by atoms with Crippen LogP contribution in [0.2, 0.25) is 0 Å². The molecule has 4 heterocycles. The first kappa shape index (κ1) is 21.3. The molecule has 1 fully saturated rings. The smallest absolute Gasteiger partial charge is 0.231 e. The molecule has 1 aliphatic carbocycles. The van der Waals surface area contributed by atoms with Crippen molar-refractivity contribution in [3.63, 3.8) is 0 Å². The number of ether oxygens (including phenoxy) is 2. The second kappa shape index (κ2) is 8.59. The van der Waals surface area contributed by atoms with E-state index in [2.05, 4.69) is 24.0 Å². The van der Waals surface area contributed by atoms with Crippen LogP contribution in [0.5, 0.6) is 11.6 Å². The Hall–Kier alpha value is -3.00. The second-order valence-corrected chi connectivity index (χ2v) is 10.8. The Bertz CT molecular complexity index is 1550. The lowest BCUT2D eigenvalue weighted by molar-refractivity contribution is 0.0330.